The Balaban J connectivity index is 1.32. The van der Waals surface area contributed by atoms with Crippen LogP contribution in [0.1, 0.15) is 63.3 Å². The van der Waals surface area contributed by atoms with E-state index < -0.39 is 57.2 Å². The molecule has 1 saturated heterocycles. The number of ether oxygens (including phenoxy) is 1. The molecule has 0 unspecified atom stereocenters. The summed E-state index contributed by atoms with van der Waals surface area (Å²) in [6, 6.07) is 3.99. The topological polar surface area (TPSA) is 279 Å². The van der Waals surface area contributed by atoms with E-state index in [1.807, 2.05) is 6.07 Å². The number of carbonyl (C=O) groups is 3. The predicted octanol–water partition coefficient (Wildman–Crippen LogP) is 0.389. The fraction of sp³-hybridized carbons (Fsp3) is 0.517. The second-order valence-corrected chi connectivity index (χ2v) is 14.6. The number of hydrogen-bond donors (Lipinski definition) is 6. The first-order valence-corrected chi connectivity index (χ1v) is 17.4. The summed E-state index contributed by atoms with van der Waals surface area (Å²) in [5.41, 5.74) is 9.34. The molecule has 3 heterocycles. The summed E-state index contributed by atoms with van der Waals surface area (Å²) in [5, 5.41) is 27.5. The number of nitrogens with two attached hydrogens (primary N) is 2. The van der Waals surface area contributed by atoms with Crippen LogP contribution >= 0.6 is 11.3 Å². The number of anilines is 1. The number of thiazole rings is 1. The van der Waals surface area contributed by atoms with Crippen LogP contribution in [0, 0.1) is 5.92 Å². The number of benzene rings is 1. The predicted molar refractivity (Wildman–Crippen MR) is 174 cm³/mol. The third-order valence-corrected chi connectivity index (χ3v) is 9.85. The first-order chi connectivity index (χ1) is 22.9. The molecular formula is C29H37N7O11S2. The highest BCUT2D eigenvalue weighted by molar-refractivity contribution is 7.80. The molecule has 3 aliphatic rings. The Morgan fingerprint density at radius 2 is 2.02 bits per heavy atom. The molecule has 5 rings (SSSR count). The second-order valence-electron chi connectivity index (χ2n) is 12.7. The van der Waals surface area contributed by atoms with Crippen molar-refractivity contribution in [1.82, 2.24) is 15.4 Å². The zero-order valence-electron chi connectivity index (χ0n) is 26.7. The number of aliphatic hydroxyl groups is 1. The smallest absolute Gasteiger partial charge is 0.418 e. The summed E-state index contributed by atoms with van der Waals surface area (Å²) in [4.78, 5) is 52.9. The lowest BCUT2D eigenvalue weighted by Gasteiger charge is -2.50. The van der Waals surface area contributed by atoms with E-state index in [1.165, 1.54) is 26.2 Å². The van der Waals surface area contributed by atoms with Crippen molar-refractivity contribution in [2.24, 2.45) is 21.8 Å². The van der Waals surface area contributed by atoms with Crippen LogP contribution in [0.3, 0.4) is 0 Å². The number of aliphatic hydroxyl groups excluding tert-OH is 1. The molecule has 2 fully saturated rings. The minimum Gasteiger partial charge on any atom is -0.485 e. The summed E-state index contributed by atoms with van der Waals surface area (Å²) < 4.78 is 41.7. The number of hydroxylamine groups is 2. The van der Waals surface area contributed by atoms with Crippen molar-refractivity contribution in [2.45, 2.75) is 82.2 Å². The SMILES string of the molecule is CC1(C)[C@H](NC(=O)/C(=N\O[C@](C)(C(=O)O)[C@H]2CCc3cc(C(N)=NC4CC(CCO)C4)ccc3O2)c2csc(N)n2)C(=O)N1OS(=O)(=O)O. The van der Waals surface area contributed by atoms with Crippen molar-refractivity contribution in [3.05, 3.63) is 40.4 Å². The van der Waals surface area contributed by atoms with Crippen LogP contribution in [0.25, 0.3) is 0 Å². The number of aryl methyl sites for hydroxylation is 1. The molecule has 49 heavy (non-hydrogen) atoms. The molecule has 0 bridgehead atoms. The Bertz CT molecular complexity index is 1810. The molecule has 2 aliphatic heterocycles. The standard InChI is InChI=1S/C29H37N7O11S2/c1-28(2)22(25(39)36(28)47-49(42,43)44)34-24(38)21(18-13-48-27(31)33-18)35-46-29(3,26(40)41)20-7-5-15-12-16(4-6-19(15)45-20)23(30)32-17-10-14(11-17)8-9-37/h4,6,12-14,17,20,22,37H,5,7-11H2,1-3H3,(H2,30,32)(H2,31,33)(H,34,38)(H,40,41)(H,42,43,44)/b35-21-/t14?,17?,20-,22-,29+/m1/s1. The number of aromatic nitrogens is 1. The first-order valence-electron chi connectivity index (χ1n) is 15.2. The van der Waals surface area contributed by atoms with Crippen molar-refractivity contribution < 1.29 is 51.4 Å². The van der Waals surface area contributed by atoms with Gasteiger partial charge in [0.15, 0.2) is 16.9 Å². The number of aliphatic imine (C=N–C) groups is 1. The number of nitrogens with zero attached hydrogens (tertiary/aromatic N) is 4. The van der Waals surface area contributed by atoms with E-state index >= 15 is 0 Å². The second kappa shape index (κ2) is 13.5. The molecule has 2 amide bonds. The zero-order chi connectivity index (χ0) is 35.9. The number of nitrogens with one attached hydrogen (secondary N) is 1. The number of oxime groups is 1. The van der Waals surface area contributed by atoms with Crippen LogP contribution in [0.5, 0.6) is 5.75 Å². The average molecular weight is 724 g/mol. The third-order valence-electron chi connectivity index (χ3n) is 8.84. The van der Waals surface area contributed by atoms with Gasteiger partial charge >= 0.3 is 16.4 Å². The molecule has 3 atom stereocenters. The quantitative estimate of drug-likeness (QED) is 0.0536. The highest BCUT2D eigenvalue weighted by Gasteiger charge is 2.58. The number of carboxylic acid groups (broad SMARTS) is 1. The molecular weight excluding hydrogens is 686 g/mol. The van der Waals surface area contributed by atoms with Crippen LogP contribution in [0.4, 0.5) is 5.13 Å². The minimum atomic E-state index is -5.03. The Hall–Kier alpha value is -4.37. The number of aliphatic carboxylic acids is 1. The minimum absolute atomic E-state index is 0.0557. The van der Waals surface area contributed by atoms with E-state index in [1.54, 1.807) is 12.1 Å². The first kappa shape index (κ1) is 35.9. The third kappa shape index (κ3) is 7.47. The van der Waals surface area contributed by atoms with Crippen LogP contribution in [0.15, 0.2) is 33.7 Å². The molecule has 0 spiro atoms. The van der Waals surface area contributed by atoms with Gasteiger partial charge in [-0.1, -0.05) is 5.16 Å². The average Bonchev–Trinajstić information content (AvgIpc) is 3.45. The lowest BCUT2D eigenvalue weighted by Crippen LogP contribution is -2.76. The summed E-state index contributed by atoms with van der Waals surface area (Å²) in [6.07, 6.45) is 2.01. The maximum atomic E-state index is 13.4. The summed E-state index contributed by atoms with van der Waals surface area (Å²) in [7, 11) is -5.03. The van der Waals surface area contributed by atoms with E-state index in [-0.39, 0.29) is 29.9 Å². The molecule has 1 aliphatic carbocycles. The van der Waals surface area contributed by atoms with E-state index in [2.05, 4.69) is 24.7 Å². The number of fused-ring (bicyclic) bond motifs is 1. The number of carboxylic acids is 1. The molecule has 1 aromatic heterocycles. The van der Waals surface area contributed by atoms with Gasteiger partial charge in [-0.05, 0) is 82.6 Å². The van der Waals surface area contributed by atoms with Crippen LogP contribution < -0.4 is 21.5 Å². The van der Waals surface area contributed by atoms with Crippen molar-refractivity contribution in [3.63, 3.8) is 0 Å². The molecule has 18 nitrogen and oxygen atoms in total. The number of nitrogen functional groups attached to an aromatic ring is 1. The number of hydrogen-bond acceptors (Lipinski definition) is 14. The number of rotatable bonds is 13. The fourth-order valence-electron chi connectivity index (χ4n) is 5.83. The van der Waals surface area contributed by atoms with E-state index in [0.717, 1.165) is 36.2 Å². The van der Waals surface area contributed by atoms with Crippen molar-refractivity contribution >= 4 is 56.2 Å². The lowest BCUT2D eigenvalue weighted by molar-refractivity contribution is -0.218. The van der Waals surface area contributed by atoms with Gasteiger partial charge in [-0.25, -0.2) is 9.78 Å². The lowest BCUT2D eigenvalue weighted by atomic mass is 9.79. The monoisotopic (exact) mass is 723 g/mol. The van der Waals surface area contributed by atoms with E-state index in [9.17, 15) is 27.9 Å². The molecule has 8 N–H and O–H groups in total. The van der Waals surface area contributed by atoms with E-state index in [0.29, 0.717) is 34.6 Å². The van der Waals surface area contributed by atoms with Gasteiger partial charge in [0.1, 0.15) is 23.3 Å². The zero-order valence-corrected chi connectivity index (χ0v) is 28.4. The van der Waals surface area contributed by atoms with Crippen LogP contribution in [-0.2, 0) is 40.3 Å². The van der Waals surface area contributed by atoms with Gasteiger partial charge in [0.2, 0.25) is 0 Å². The van der Waals surface area contributed by atoms with Gasteiger partial charge in [-0.2, -0.15) is 13.5 Å². The fourth-order valence-corrected chi connectivity index (χ4v) is 6.83. The highest BCUT2D eigenvalue weighted by atomic mass is 32.3. The van der Waals surface area contributed by atoms with Crippen molar-refractivity contribution in [1.29, 1.82) is 0 Å². The van der Waals surface area contributed by atoms with Gasteiger partial charge in [-0.15, -0.1) is 15.6 Å². The number of carbonyl (C=O) groups excluding carboxylic acids is 2. The molecule has 20 heteroatoms. The summed E-state index contributed by atoms with van der Waals surface area (Å²) in [5.74, 6) is -2.23. The normalized spacial score (nSPS) is 24.8. The Kier molecular flexibility index (Phi) is 9.90. The Labute approximate surface area is 285 Å². The van der Waals surface area contributed by atoms with Crippen LogP contribution in [-0.4, -0.2) is 98.5 Å². The summed E-state index contributed by atoms with van der Waals surface area (Å²) >= 11 is 0.962. The molecule has 2 aromatic rings. The molecule has 1 aromatic carbocycles. The Morgan fingerprint density at radius 1 is 1.31 bits per heavy atom. The number of amidine groups is 1. The maximum Gasteiger partial charge on any atom is 0.418 e. The number of β-lactam (4-membered cyclic amide) rings is 1. The molecule has 0 radical (unpaired) electrons. The van der Waals surface area contributed by atoms with Gasteiger partial charge in [0.05, 0.1) is 11.6 Å². The maximum absolute atomic E-state index is 13.4. The summed E-state index contributed by atoms with van der Waals surface area (Å²) in [6.45, 7) is 4.13. The molecule has 266 valence electrons. The van der Waals surface area contributed by atoms with Gasteiger partial charge in [-0.3, -0.25) is 19.1 Å². The van der Waals surface area contributed by atoms with Crippen molar-refractivity contribution in [3.8, 4) is 5.75 Å². The van der Waals surface area contributed by atoms with Gasteiger partial charge in [0.25, 0.3) is 17.4 Å². The van der Waals surface area contributed by atoms with Crippen LogP contribution in [0.2, 0.25) is 0 Å². The van der Waals surface area contributed by atoms with E-state index in [4.69, 9.17) is 30.7 Å². The van der Waals surface area contributed by atoms with Gasteiger partial charge < -0.3 is 36.6 Å². The largest absolute Gasteiger partial charge is 0.485 e. The number of amides is 2. The highest BCUT2D eigenvalue weighted by Crippen LogP contribution is 2.36. The van der Waals surface area contributed by atoms with Crippen molar-refractivity contribution in [2.75, 3.05) is 12.3 Å². The van der Waals surface area contributed by atoms with Gasteiger partial charge in [0, 0.05) is 17.6 Å². The Morgan fingerprint density at radius 3 is 2.61 bits per heavy atom. The molecule has 1 saturated carbocycles.